The predicted molar refractivity (Wildman–Crippen MR) is 73.3 cm³/mol. The minimum Gasteiger partial charge on any atom is -0.321 e. The fourth-order valence-corrected chi connectivity index (χ4v) is 1.98. The highest BCUT2D eigenvalue weighted by molar-refractivity contribution is 6.35. The van der Waals surface area contributed by atoms with Crippen LogP contribution in [0.3, 0.4) is 0 Å². The number of aromatic nitrogens is 1. The number of anilines is 1. The maximum Gasteiger partial charge on any atom is 0.258 e. The number of carbonyl (C=O) groups excluding carboxylic acids is 1. The summed E-state index contributed by atoms with van der Waals surface area (Å²) >= 11 is 11.8. The van der Waals surface area contributed by atoms with Crippen molar-refractivity contribution in [3.8, 4) is 0 Å². The summed E-state index contributed by atoms with van der Waals surface area (Å²) < 4.78 is 12.9. The van der Waals surface area contributed by atoms with E-state index in [1.165, 1.54) is 18.3 Å². The van der Waals surface area contributed by atoms with E-state index >= 15 is 0 Å². The monoisotopic (exact) mass is 298 g/mol. The number of aryl methyl sites for hydroxylation is 1. The van der Waals surface area contributed by atoms with Crippen LogP contribution in [0, 0.1) is 12.7 Å². The molecule has 2 rings (SSSR count). The number of pyridine rings is 1. The standard InChI is InChI=1S/C13H9Cl2FN2O/c1-7-4-10(14)9(6-17-7)13(19)18-12-3-2-8(16)5-11(12)15/h2-6H,1H3,(H,18,19). The first-order chi connectivity index (χ1) is 8.97. The molecule has 1 amide bonds. The largest absolute Gasteiger partial charge is 0.321 e. The summed E-state index contributed by atoms with van der Waals surface area (Å²) in [4.78, 5) is 16.0. The van der Waals surface area contributed by atoms with Crippen molar-refractivity contribution in [3.63, 3.8) is 0 Å². The second kappa shape index (κ2) is 5.55. The molecule has 19 heavy (non-hydrogen) atoms. The van der Waals surface area contributed by atoms with Gasteiger partial charge in [-0.1, -0.05) is 23.2 Å². The Balaban J connectivity index is 2.25. The molecule has 98 valence electrons. The fourth-order valence-electron chi connectivity index (χ4n) is 1.47. The molecule has 1 aromatic heterocycles. The smallest absolute Gasteiger partial charge is 0.258 e. The number of benzene rings is 1. The molecule has 0 aliphatic rings. The molecule has 1 aromatic carbocycles. The first kappa shape index (κ1) is 13.8. The lowest BCUT2D eigenvalue weighted by Gasteiger charge is -2.08. The van der Waals surface area contributed by atoms with E-state index in [2.05, 4.69) is 10.3 Å². The van der Waals surface area contributed by atoms with Crippen LogP contribution in [0.5, 0.6) is 0 Å². The number of nitrogens with one attached hydrogen (secondary N) is 1. The number of halogens is 3. The van der Waals surface area contributed by atoms with Gasteiger partial charge in [-0.25, -0.2) is 4.39 Å². The van der Waals surface area contributed by atoms with Crippen LogP contribution in [0.15, 0.2) is 30.5 Å². The second-order valence-corrected chi connectivity index (χ2v) is 4.70. The lowest BCUT2D eigenvalue weighted by atomic mass is 10.2. The Labute approximate surface area is 119 Å². The highest BCUT2D eigenvalue weighted by Crippen LogP contribution is 2.24. The van der Waals surface area contributed by atoms with Gasteiger partial charge in [0, 0.05) is 11.9 Å². The van der Waals surface area contributed by atoms with E-state index in [0.29, 0.717) is 16.4 Å². The van der Waals surface area contributed by atoms with Crippen LogP contribution in [0.1, 0.15) is 16.1 Å². The topological polar surface area (TPSA) is 42.0 Å². The van der Waals surface area contributed by atoms with Crippen molar-refractivity contribution < 1.29 is 9.18 Å². The maximum absolute atomic E-state index is 12.9. The van der Waals surface area contributed by atoms with E-state index in [0.717, 1.165) is 6.07 Å². The van der Waals surface area contributed by atoms with E-state index in [1.807, 2.05) is 0 Å². The molecule has 0 saturated carbocycles. The van der Waals surface area contributed by atoms with Crippen molar-refractivity contribution in [1.29, 1.82) is 0 Å². The van der Waals surface area contributed by atoms with Crippen LogP contribution in [-0.2, 0) is 0 Å². The summed E-state index contributed by atoms with van der Waals surface area (Å²) in [6, 6.07) is 5.29. The van der Waals surface area contributed by atoms with Gasteiger partial charge >= 0.3 is 0 Å². The van der Waals surface area contributed by atoms with Gasteiger partial charge in [0.2, 0.25) is 0 Å². The van der Waals surface area contributed by atoms with E-state index in [9.17, 15) is 9.18 Å². The molecule has 0 unspecified atom stereocenters. The molecule has 0 spiro atoms. The van der Waals surface area contributed by atoms with E-state index in [-0.39, 0.29) is 10.6 Å². The summed E-state index contributed by atoms with van der Waals surface area (Å²) in [5.41, 5.74) is 1.25. The molecule has 2 aromatic rings. The number of nitrogens with zero attached hydrogens (tertiary/aromatic N) is 1. The van der Waals surface area contributed by atoms with E-state index < -0.39 is 11.7 Å². The molecule has 0 radical (unpaired) electrons. The SMILES string of the molecule is Cc1cc(Cl)c(C(=O)Nc2ccc(F)cc2Cl)cn1. The molecular formula is C13H9Cl2FN2O. The van der Waals surface area contributed by atoms with Gasteiger partial charge in [0.15, 0.2) is 0 Å². The van der Waals surface area contributed by atoms with Crippen molar-refractivity contribution in [2.75, 3.05) is 5.32 Å². The van der Waals surface area contributed by atoms with Gasteiger partial charge in [-0.15, -0.1) is 0 Å². The third kappa shape index (κ3) is 3.22. The zero-order valence-electron chi connectivity index (χ0n) is 9.88. The van der Waals surface area contributed by atoms with Crippen LogP contribution in [-0.4, -0.2) is 10.9 Å². The van der Waals surface area contributed by atoms with Crippen LogP contribution in [0.25, 0.3) is 0 Å². The lowest BCUT2D eigenvalue weighted by Crippen LogP contribution is -2.13. The summed E-state index contributed by atoms with van der Waals surface area (Å²) in [6.07, 6.45) is 1.38. The molecule has 3 nitrogen and oxygen atoms in total. The Morgan fingerprint density at radius 1 is 1.26 bits per heavy atom. The zero-order valence-corrected chi connectivity index (χ0v) is 11.4. The normalized spacial score (nSPS) is 10.3. The molecule has 1 N–H and O–H groups in total. The number of hydrogen-bond acceptors (Lipinski definition) is 2. The third-order valence-corrected chi connectivity index (χ3v) is 3.04. The first-order valence-corrected chi connectivity index (χ1v) is 6.11. The Morgan fingerprint density at radius 2 is 2.00 bits per heavy atom. The minimum atomic E-state index is -0.474. The summed E-state index contributed by atoms with van der Waals surface area (Å²) in [5.74, 6) is -0.927. The maximum atomic E-state index is 12.9. The average Bonchev–Trinajstić information content (AvgIpc) is 2.32. The van der Waals surface area contributed by atoms with Gasteiger partial charge in [-0.05, 0) is 31.2 Å². The summed E-state index contributed by atoms with van der Waals surface area (Å²) in [7, 11) is 0. The molecule has 0 bridgehead atoms. The first-order valence-electron chi connectivity index (χ1n) is 5.36. The number of rotatable bonds is 2. The zero-order chi connectivity index (χ0) is 14.0. The summed E-state index contributed by atoms with van der Waals surface area (Å²) in [6.45, 7) is 1.77. The van der Waals surface area contributed by atoms with Gasteiger partial charge in [0.1, 0.15) is 5.82 Å². The van der Waals surface area contributed by atoms with E-state index in [4.69, 9.17) is 23.2 Å². The van der Waals surface area contributed by atoms with Gasteiger partial charge in [0.05, 0.1) is 21.3 Å². The van der Waals surface area contributed by atoms with Crippen LogP contribution in [0.2, 0.25) is 10.0 Å². The van der Waals surface area contributed by atoms with Gasteiger partial charge in [0.25, 0.3) is 5.91 Å². The molecule has 1 heterocycles. The lowest BCUT2D eigenvalue weighted by molar-refractivity contribution is 0.102. The van der Waals surface area contributed by atoms with Crippen molar-refractivity contribution in [2.24, 2.45) is 0 Å². The minimum absolute atomic E-state index is 0.115. The molecular weight excluding hydrogens is 290 g/mol. The van der Waals surface area contributed by atoms with Crippen molar-refractivity contribution in [2.45, 2.75) is 6.92 Å². The molecule has 0 fully saturated rings. The molecule has 0 aliphatic heterocycles. The molecule has 0 saturated heterocycles. The molecule has 6 heteroatoms. The fraction of sp³-hybridized carbons (Fsp3) is 0.0769. The quantitative estimate of drug-likeness (QED) is 0.907. The molecule has 0 aliphatic carbocycles. The van der Waals surface area contributed by atoms with Gasteiger partial charge in [-0.2, -0.15) is 0 Å². The van der Waals surface area contributed by atoms with Gasteiger partial charge < -0.3 is 5.32 Å². The Bertz CT molecular complexity index is 647. The number of amides is 1. The highest BCUT2D eigenvalue weighted by atomic mass is 35.5. The second-order valence-electron chi connectivity index (χ2n) is 3.88. The summed E-state index contributed by atoms with van der Waals surface area (Å²) in [5, 5.41) is 2.96. The predicted octanol–water partition coefficient (Wildman–Crippen LogP) is 4.09. The van der Waals surface area contributed by atoms with Crippen molar-refractivity contribution >= 4 is 34.8 Å². The Hall–Kier alpha value is -1.65. The Morgan fingerprint density at radius 3 is 2.63 bits per heavy atom. The van der Waals surface area contributed by atoms with Crippen LogP contribution >= 0.6 is 23.2 Å². The van der Waals surface area contributed by atoms with E-state index in [1.54, 1.807) is 13.0 Å². The van der Waals surface area contributed by atoms with Gasteiger partial charge in [-0.3, -0.25) is 9.78 Å². The number of carbonyl (C=O) groups is 1. The number of hydrogen-bond donors (Lipinski definition) is 1. The van der Waals surface area contributed by atoms with Crippen molar-refractivity contribution in [1.82, 2.24) is 4.98 Å². The Kier molecular flexibility index (Phi) is 4.02. The average molecular weight is 299 g/mol. The molecule has 0 atom stereocenters. The van der Waals surface area contributed by atoms with Crippen LogP contribution in [0.4, 0.5) is 10.1 Å². The van der Waals surface area contributed by atoms with Crippen molar-refractivity contribution in [3.05, 3.63) is 57.6 Å². The van der Waals surface area contributed by atoms with Crippen LogP contribution < -0.4 is 5.32 Å². The third-order valence-electron chi connectivity index (χ3n) is 2.41. The highest BCUT2D eigenvalue weighted by Gasteiger charge is 2.13.